The van der Waals surface area contributed by atoms with Gasteiger partial charge in [0.1, 0.15) is 5.69 Å². The average molecular weight is 655 g/mol. The normalized spacial score (nSPS) is 17.4. The molecule has 1 atom stereocenters. The largest absolute Gasteiger partial charge is 0.364 e. The van der Waals surface area contributed by atoms with E-state index in [2.05, 4.69) is 48.3 Å². The third-order valence-corrected chi connectivity index (χ3v) is 9.54. The first-order valence-electron chi connectivity index (χ1n) is 16.2. The Bertz CT molecular complexity index is 1970. The molecule has 1 saturated heterocycles. The van der Waals surface area contributed by atoms with Crippen LogP contribution in [0.5, 0.6) is 0 Å². The van der Waals surface area contributed by atoms with Gasteiger partial charge in [0.15, 0.2) is 11.5 Å². The van der Waals surface area contributed by atoms with Crippen molar-refractivity contribution < 1.29 is 14.4 Å². The molecule has 246 valence electrons. The number of nitrogens with zero attached hydrogens (tertiary/aromatic N) is 7. The molecule has 1 unspecified atom stereocenters. The van der Waals surface area contributed by atoms with Gasteiger partial charge in [-0.3, -0.25) is 19.1 Å². The minimum Gasteiger partial charge on any atom is -0.364 e. The maximum absolute atomic E-state index is 12.8. The third kappa shape index (κ3) is 5.69. The summed E-state index contributed by atoms with van der Waals surface area (Å²) in [6.07, 6.45) is 3.59. The van der Waals surface area contributed by atoms with Crippen LogP contribution < -0.4 is 26.2 Å². The zero-order valence-corrected chi connectivity index (χ0v) is 27.7. The van der Waals surface area contributed by atoms with Crippen LogP contribution >= 0.6 is 0 Å². The molecular weight excluding hydrogens is 620 g/mol. The zero-order chi connectivity index (χ0) is 34.6. The summed E-state index contributed by atoms with van der Waals surface area (Å²) in [5, 5.41) is 23.1. The minimum absolute atomic E-state index is 0.0104. The lowest BCUT2D eigenvalue weighted by molar-refractivity contribution is -0.117. The maximum atomic E-state index is 12.8. The van der Waals surface area contributed by atoms with E-state index in [1.165, 1.54) is 7.05 Å². The van der Waals surface area contributed by atoms with Gasteiger partial charge in [0.25, 0.3) is 11.8 Å². The van der Waals surface area contributed by atoms with Gasteiger partial charge in [-0.15, -0.1) is 10.2 Å². The Morgan fingerprint density at radius 3 is 2.39 bits per heavy atom. The fourth-order valence-electron chi connectivity index (χ4n) is 6.44. The van der Waals surface area contributed by atoms with Crippen molar-refractivity contribution in [2.45, 2.75) is 37.2 Å². The van der Waals surface area contributed by atoms with E-state index in [1.54, 1.807) is 31.3 Å². The second-order valence-corrected chi connectivity index (χ2v) is 12.7. The highest BCUT2D eigenvalue weighted by atomic mass is 16.2. The van der Waals surface area contributed by atoms with Gasteiger partial charge in [-0.2, -0.15) is 5.10 Å². The van der Waals surface area contributed by atoms with Gasteiger partial charge in [0, 0.05) is 63.0 Å². The molecule has 1 saturated carbocycles. The Morgan fingerprint density at radius 1 is 0.939 bits per heavy atom. The van der Waals surface area contributed by atoms with Gasteiger partial charge in [-0.25, -0.2) is 4.98 Å². The lowest BCUT2D eigenvalue weighted by Crippen LogP contribution is -2.60. The molecule has 3 amide bonds. The molecule has 4 aromatic rings. The number of nitrogens with one attached hydrogen (secondary N) is 4. The molecule has 0 spiro atoms. The number of hydrogen-bond acceptors (Lipinski definition) is 10. The third-order valence-electron chi connectivity index (χ3n) is 9.54. The number of pyridine rings is 1. The minimum atomic E-state index is -1.38. The number of hydrogen-bond donors (Lipinski definition) is 4. The summed E-state index contributed by atoms with van der Waals surface area (Å²) in [6.45, 7) is 3.19. The number of aromatic nitrogens is 5. The molecule has 14 nitrogen and oxygen atoms in total. The summed E-state index contributed by atoms with van der Waals surface area (Å²) < 4.78 is 2.05. The number of rotatable bonds is 9. The summed E-state index contributed by atoms with van der Waals surface area (Å²) in [4.78, 5) is 45.9. The van der Waals surface area contributed by atoms with E-state index in [9.17, 15) is 14.4 Å². The van der Waals surface area contributed by atoms with Crippen LogP contribution in [-0.4, -0.2) is 97.5 Å². The predicted octanol–water partition coefficient (Wildman–Crippen LogP) is 2.06. The number of para-hydroxylation sites is 1. The van der Waals surface area contributed by atoms with E-state index in [-0.39, 0.29) is 47.0 Å². The Balaban J connectivity index is 1.16. The number of amides is 3. The summed E-state index contributed by atoms with van der Waals surface area (Å²) in [6, 6.07) is 12.6. The van der Waals surface area contributed by atoms with Crippen molar-refractivity contribution in [1.29, 1.82) is 0 Å². The van der Waals surface area contributed by atoms with Gasteiger partial charge in [-0.05, 0) is 43.3 Å². The fourth-order valence-corrected chi connectivity index (χ4v) is 6.44. The van der Waals surface area contributed by atoms with Crippen molar-refractivity contribution in [2.75, 3.05) is 49.8 Å². The molecule has 2 aliphatic heterocycles. The zero-order valence-electron chi connectivity index (χ0n) is 27.7. The number of likely N-dealkylation sites (tertiary alicyclic amines) is 1. The van der Waals surface area contributed by atoms with Gasteiger partial charge in [-0.1, -0.05) is 18.2 Å². The van der Waals surface area contributed by atoms with E-state index in [0.717, 1.165) is 41.0 Å². The number of fused-ring (bicyclic) bond motifs is 3. The van der Waals surface area contributed by atoms with Crippen LogP contribution in [0.4, 0.5) is 22.9 Å². The summed E-state index contributed by atoms with van der Waals surface area (Å²) in [7, 11) is 18.3. The van der Waals surface area contributed by atoms with Crippen molar-refractivity contribution in [1.82, 2.24) is 40.5 Å². The lowest BCUT2D eigenvalue weighted by atomic mass is 9.57. The molecule has 2 fully saturated rings. The first-order chi connectivity index (χ1) is 23.5. The SMILES string of the molecule is [B]C([B])(c1cccc(C(=O)NC)n1)N1CC(n2ncc3c2C(C)N(C)c2c(Nc4cc(NC(=O)C5CC5)nnc4C(=O)NC)cccc2-3)C1. The Labute approximate surface area is 286 Å². The highest BCUT2D eigenvalue weighted by Crippen LogP contribution is 2.49. The highest BCUT2D eigenvalue weighted by molar-refractivity contribution is 6.39. The van der Waals surface area contributed by atoms with Crippen molar-refractivity contribution in [3.63, 3.8) is 0 Å². The molecule has 3 aliphatic rings. The lowest BCUT2D eigenvalue weighted by Gasteiger charge is -2.50. The van der Waals surface area contributed by atoms with Gasteiger partial charge < -0.3 is 31.1 Å². The molecule has 1 aromatic carbocycles. The summed E-state index contributed by atoms with van der Waals surface area (Å²) in [5.41, 5.74) is 5.84. The van der Waals surface area contributed by atoms with E-state index in [4.69, 9.17) is 20.8 Å². The highest BCUT2D eigenvalue weighted by Gasteiger charge is 2.42. The summed E-state index contributed by atoms with van der Waals surface area (Å²) >= 11 is 0. The van der Waals surface area contributed by atoms with Crippen LogP contribution in [-0.2, 0) is 10.1 Å². The molecule has 5 heterocycles. The van der Waals surface area contributed by atoms with Crippen molar-refractivity contribution in [3.8, 4) is 11.1 Å². The Morgan fingerprint density at radius 2 is 1.67 bits per heavy atom. The topological polar surface area (TPSA) is 162 Å². The van der Waals surface area contributed by atoms with E-state index >= 15 is 0 Å². The van der Waals surface area contributed by atoms with Crippen molar-refractivity contribution in [3.05, 3.63) is 71.4 Å². The average Bonchev–Trinajstić information content (AvgIpc) is 3.85. The van der Waals surface area contributed by atoms with Crippen molar-refractivity contribution >= 4 is 56.3 Å². The Hall–Kier alpha value is -5.24. The maximum Gasteiger partial charge on any atom is 0.273 e. The quantitative estimate of drug-likeness (QED) is 0.197. The van der Waals surface area contributed by atoms with E-state index in [0.29, 0.717) is 24.5 Å². The van der Waals surface area contributed by atoms with Gasteiger partial charge >= 0.3 is 0 Å². The second kappa shape index (κ2) is 12.3. The Kier molecular flexibility index (Phi) is 8.13. The number of anilines is 4. The molecule has 49 heavy (non-hydrogen) atoms. The van der Waals surface area contributed by atoms with Crippen LogP contribution in [0.15, 0.2) is 48.7 Å². The van der Waals surface area contributed by atoms with E-state index in [1.807, 2.05) is 41.0 Å². The molecule has 4 radical (unpaired) electrons. The molecule has 3 aromatic heterocycles. The van der Waals surface area contributed by atoms with Gasteiger partial charge in [0.2, 0.25) is 5.91 Å². The second-order valence-electron chi connectivity index (χ2n) is 12.7. The molecule has 1 aliphatic carbocycles. The first kappa shape index (κ1) is 32.3. The van der Waals surface area contributed by atoms with Gasteiger partial charge in [0.05, 0.1) is 56.7 Å². The van der Waals surface area contributed by atoms with Crippen LogP contribution in [0.1, 0.15) is 64.2 Å². The van der Waals surface area contributed by atoms with Crippen LogP contribution in [0.3, 0.4) is 0 Å². The van der Waals surface area contributed by atoms with Crippen LogP contribution in [0.2, 0.25) is 0 Å². The van der Waals surface area contributed by atoms with Crippen molar-refractivity contribution in [2.24, 2.45) is 5.92 Å². The summed E-state index contributed by atoms with van der Waals surface area (Å²) in [5.74, 6) is -0.568. The molecule has 16 heteroatoms. The van der Waals surface area contributed by atoms with E-state index < -0.39 is 11.2 Å². The van der Waals surface area contributed by atoms with Crippen LogP contribution in [0.25, 0.3) is 11.1 Å². The molecule has 4 N–H and O–H groups in total. The molecule has 0 bridgehead atoms. The van der Waals surface area contributed by atoms with Crippen LogP contribution in [0, 0.1) is 5.92 Å². The molecular formula is C33H35B2N11O3. The number of carbonyl (C=O) groups is 3. The standard InChI is InChI=1S/C33H35B2N11O3/c1-17-28-21(14-38-46(28)19-15-45(16-19)33(34,35)25-10-6-9-23(40-25)31(48)36-2)20-7-5-8-22(29(20)44(17)4)39-24-13-26(41-30(47)18-11-12-18)42-43-27(24)32(49)37-3/h5-10,13-14,17-19H,11-12,15-16H2,1-4H3,(H,36,48)(H,37,49)(H2,39,41,42,47). The first-order valence-corrected chi connectivity index (χ1v) is 16.2. The monoisotopic (exact) mass is 655 g/mol. The number of carbonyl (C=O) groups excluding carboxylic acids is 3. The predicted molar refractivity (Wildman–Crippen MR) is 186 cm³/mol. The smallest absolute Gasteiger partial charge is 0.273 e. The fraction of sp³-hybridized carbons (Fsp3) is 0.364. The molecule has 7 rings (SSSR count). The number of benzene rings is 1.